The average Bonchev–Trinajstić information content (AvgIpc) is 3.48. The normalized spacial score (nSPS) is 11.5. The number of carbonyl (C=O) groups excluding carboxylic acids is 1. The third-order valence-corrected chi connectivity index (χ3v) is 7.20. The third kappa shape index (κ3) is 4.39. The minimum Gasteiger partial charge on any atom is -0.462 e. The van der Waals surface area contributed by atoms with Crippen LogP contribution in [-0.2, 0) is 11.3 Å². The van der Waals surface area contributed by atoms with Crippen molar-refractivity contribution in [2.45, 2.75) is 20.5 Å². The SMILES string of the molecule is CCOC(=O)c1c(C)nc(OCc2cn(-c3cc4ccc5cccc6ccc(c3)c4c56)nn2)nc1-c1ccccc1. The van der Waals surface area contributed by atoms with Gasteiger partial charge in [0, 0.05) is 5.56 Å². The van der Waals surface area contributed by atoms with E-state index < -0.39 is 5.97 Å². The fourth-order valence-electron chi connectivity index (χ4n) is 5.36. The van der Waals surface area contributed by atoms with Gasteiger partial charge in [-0.2, -0.15) is 9.97 Å². The van der Waals surface area contributed by atoms with Crippen LogP contribution in [-0.4, -0.2) is 37.5 Å². The maximum absolute atomic E-state index is 12.7. The molecular weight excluding hydrogens is 514 g/mol. The predicted molar refractivity (Wildman–Crippen MR) is 158 cm³/mol. The van der Waals surface area contributed by atoms with Gasteiger partial charge in [-0.25, -0.2) is 9.48 Å². The van der Waals surface area contributed by atoms with Crippen molar-refractivity contribution < 1.29 is 14.3 Å². The molecule has 0 atom stereocenters. The van der Waals surface area contributed by atoms with Gasteiger partial charge in [-0.05, 0) is 58.3 Å². The molecule has 2 aromatic heterocycles. The Morgan fingerprint density at radius 2 is 1.51 bits per heavy atom. The second kappa shape index (κ2) is 9.98. The van der Waals surface area contributed by atoms with Crippen molar-refractivity contribution in [1.29, 1.82) is 0 Å². The van der Waals surface area contributed by atoms with Crippen LogP contribution in [0.4, 0.5) is 0 Å². The van der Waals surface area contributed by atoms with E-state index >= 15 is 0 Å². The molecule has 0 bridgehead atoms. The maximum Gasteiger partial charge on any atom is 0.342 e. The average molecular weight is 540 g/mol. The Morgan fingerprint density at radius 1 is 0.829 bits per heavy atom. The van der Waals surface area contributed by atoms with Crippen LogP contribution in [0.3, 0.4) is 0 Å². The van der Waals surface area contributed by atoms with E-state index in [4.69, 9.17) is 9.47 Å². The van der Waals surface area contributed by atoms with Gasteiger partial charge in [0.05, 0.1) is 29.9 Å². The molecule has 0 amide bonds. The first-order valence-electron chi connectivity index (χ1n) is 13.4. The van der Waals surface area contributed by atoms with Crippen molar-refractivity contribution in [2.24, 2.45) is 0 Å². The summed E-state index contributed by atoms with van der Waals surface area (Å²) in [5.74, 6) is -0.466. The number of rotatable bonds is 7. The van der Waals surface area contributed by atoms with E-state index in [1.165, 1.54) is 21.5 Å². The Kier molecular flexibility index (Phi) is 6.00. The molecule has 7 rings (SSSR count). The van der Waals surface area contributed by atoms with Gasteiger partial charge in [0.1, 0.15) is 17.9 Å². The van der Waals surface area contributed by atoms with Crippen molar-refractivity contribution in [3.63, 3.8) is 0 Å². The van der Waals surface area contributed by atoms with E-state index in [9.17, 15) is 4.79 Å². The second-order valence-electron chi connectivity index (χ2n) is 9.82. The fourth-order valence-corrected chi connectivity index (χ4v) is 5.36. The highest BCUT2D eigenvalue weighted by atomic mass is 16.5. The number of hydrogen-bond acceptors (Lipinski definition) is 7. The summed E-state index contributed by atoms with van der Waals surface area (Å²) in [5.41, 5.74) is 3.56. The van der Waals surface area contributed by atoms with Gasteiger partial charge < -0.3 is 9.47 Å². The molecule has 2 heterocycles. The first-order valence-corrected chi connectivity index (χ1v) is 13.4. The number of benzene rings is 5. The van der Waals surface area contributed by atoms with Crippen LogP contribution in [0.1, 0.15) is 28.7 Å². The van der Waals surface area contributed by atoms with E-state index in [-0.39, 0.29) is 19.2 Å². The number of aryl methyl sites for hydroxylation is 1. The molecule has 0 aliphatic rings. The van der Waals surface area contributed by atoms with Gasteiger partial charge in [0.25, 0.3) is 0 Å². The molecule has 0 aliphatic carbocycles. The molecule has 8 heteroatoms. The molecule has 41 heavy (non-hydrogen) atoms. The topological polar surface area (TPSA) is 92.0 Å². The maximum atomic E-state index is 12.7. The molecule has 0 fully saturated rings. The van der Waals surface area contributed by atoms with Crippen LogP contribution in [0.25, 0.3) is 49.3 Å². The van der Waals surface area contributed by atoms with Crippen LogP contribution in [0.15, 0.2) is 91.1 Å². The van der Waals surface area contributed by atoms with E-state index in [2.05, 4.69) is 74.9 Å². The minimum atomic E-state index is -0.466. The lowest BCUT2D eigenvalue weighted by molar-refractivity contribution is 0.0525. The number of esters is 1. The predicted octanol–water partition coefficient (Wildman–Crippen LogP) is 6.69. The number of carbonyl (C=O) groups is 1. The van der Waals surface area contributed by atoms with Crippen LogP contribution >= 0.6 is 0 Å². The lowest BCUT2D eigenvalue weighted by Gasteiger charge is -2.13. The zero-order chi connectivity index (χ0) is 27.9. The summed E-state index contributed by atoms with van der Waals surface area (Å²) in [7, 11) is 0. The number of aromatic nitrogens is 5. The Hall–Kier alpha value is -5.37. The molecule has 8 nitrogen and oxygen atoms in total. The molecule has 0 radical (unpaired) electrons. The summed E-state index contributed by atoms with van der Waals surface area (Å²) < 4.78 is 13.0. The zero-order valence-corrected chi connectivity index (χ0v) is 22.5. The smallest absolute Gasteiger partial charge is 0.342 e. The molecule has 0 aliphatic heterocycles. The fraction of sp³-hybridized carbons (Fsp3) is 0.121. The largest absolute Gasteiger partial charge is 0.462 e. The number of hydrogen-bond donors (Lipinski definition) is 0. The van der Waals surface area contributed by atoms with E-state index in [1.54, 1.807) is 18.5 Å². The highest BCUT2D eigenvalue weighted by Crippen LogP contribution is 2.35. The molecule has 200 valence electrons. The van der Waals surface area contributed by atoms with Gasteiger partial charge in [0.15, 0.2) is 0 Å². The van der Waals surface area contributed by atoms with Gasteiger partial charge in [-0.3, -0.25) is 0 Å². The molecule has 0 saturated carbocycles. The quantitative estimate of drug-likeness (QED) is 0.165. The van der Waals surface area contributed by atoms with Crippen molar-refractivity contribution >= 4 is 38.3 Å². The summed E-state index contributed by atoms with van der Waals surface area (Å²) in [5, 5.41) is 16.0. The van der Waals surface area contributed by atoms with Crippen LogP contribution in [0.5, 0.6) is 6.01 Å². The van der Waals surface area contributed by atoms with Crippen LogP contribution in [0, 0.1) is 6.92 Å². The van der Waals surface area contributed by atoms with E-state index in [0.29, 0.717) is 22.6 Å². The summed E-state index contributed by atoms with van der Waals surface area (Å²) >= 11 is 0. The molecule has 0 N–H and O–H groups in total. The molecule has 0 saturated heterocycles. The third-order valence-electron chi connectivity index (χ3n) is 7.20. The second-order valence-corrected chi connectivity index (χ2v) is 9.82. The van der Waals surface area contributed by atoms with Gasteiger partial charge in [-0.15, -0.1) is 5.10 Å². The summed E-state index contributed by atoms with van der Waals surface area (Å²) in [6.45, 7) is 3.88. The molecular formula is C33H25N5O3. The van der Waals surface area contributed by atoms with Gasteiger partial charge in [-0.1, -0.05) is 78.0 Å². The van der Waals surface area contributed by atoms with E-state index in [0.717, 1.165) is 22.0 Å². The Balaban J connectivity index is 1.18. The lowest BCUT2D eigenvalue weighted by atomic mass is 9.94. The Bertz CT molecular complexity index is 1990. The van der Waals surface area contributed by atoms with Crippen LogP contribution < -0.4 is 4.74 Å². The van der Waals surface area contributed by atoms with Crippen molar-refractivity contribution in [3.8, 4) is 23.0 Å². The first-order chi connectivity index (χ1) is 20.1. The van der Waals surface area contributed by atoms with E-state index in [1.807, 2.05) is 36.5 Å². The highest BCUT2D eigenvalue weighted by Gasteiger charge is 2.22. The van der Waals surface area contributed by atoms with Gasteiger partial charge >= 0.3 is 12.0 Å². The zero-order valence-electron chi connectivity index (χ0n) is 22.5. The molecule has 0 spiro atoms. The Morgan fingerprint density at radius 3 is 2.22 bits per heavy atom. The van der Waals surface area contributed by atoms with Crippen molar-refractivity contribution in [1.82, 2.24) is 25.0 Å². The minimum absolute atomic E-state index is 0.112. The highest BCUT2D eigenvalue weighted by molar-refractivity contribution is 6.23. The standard InChI is InChI=1S/C33H25N5O3/c1-3-40-32(39)28-20(2)34-33(35-31(28)23-8-5-4-6-9-23)41-19-26-18-38(37-36-26)27-16-24-14-12-21-10-7-11-22-13-15-25(17-27)30(24)29(21)22/h4-18H,3,19H2,1-2H3. The first kappa shape index (κ1) is 24.7. The van der Waals surface area contributed by atoms with Crippen molar-refractivity contribution in [3.05, 3.63) is 108 Å². The van der Waals surface area contributed by atoms with Gasteiger partial charge in [0.2, 0.25) is 0 Å². The molecule has 5 aromatic carbocycles. The summed E-state index contributed by atoms with van der Waals surface area (Å²) in [6, 6.07) is 28.9. The molecule has 0 unspecified atom stereocenters. The monoisotopic (exact) mass is 539 g/mol. The number of ether oxygens (including phenoxy) is 2. The van der Waals surface area contributed by atoms with Crippen molar-refractivity contribution in [2.75, 3.05) is 6.61 Å². The number of nitrogens with zero attached hydrogens (tertiary/aromatic N) is 5. The summed E-state index contributed by atoms with van der Waals surface area (Å²) in [4.78, 5) is 21.7. The lowest BCUT2D eigenvalue weighted by Crippen LogP contribution is -2.13. The molecule has 7 aromatic rings. The summed E-state index contributed by atoms with van der Waals surface area (Å²) in [6.07, 6.45) is 1.84. The Labute approximate surface area is 235 Å². The van der Waals surface area contributed by atoms with Crippen LogP contribution in [0.2, 0.25) is 0 Å².